The average molecular weight is 160 g/mol. The highest BCUT2D eigenvalue weighted by molar-refractivity contribution is 7.71. The van der Waals surface area contributed by atoms with Gasteiger partial charge in [-0.2, -0.15) is 0 Å². The molecular weight excluding hydrogens is 152 g/mol. The molecule has 1 rings (SSSR count). The maximum absolute atomic E-state index is 9.00. The number of rotatable bonds is 0. The molecule has 0 spiro atoms. The summed E-state index contributed by atoms with van der Waals surface area (Å²) in [6.07, 6.45) is 3.50. The lowest BCUT2D eigenvalue weighted by Gasteiger charge is -1.62. The summed E-state index contributed by atoms with van der Waals surface area (Å²) in [5, 5.41) is 0. The number of hydrogen-bond acceptors (Lipinski definition) is 2. The first-order valence-corrected chi connectivity index (χ1v) is 2.80. The Kier molecular flexibility index (Phi) is 3.97. The van der Waals surface area contributed by atoms with E-state index in [1.54, 1.807) is 12.4 Å². The Morgan fingerprint density at radius 3 is 1.80 bits per heavy atom. The van der Waals surface area contributed by atoms with E-state index in [1.165, 1.54) is 0 Å². The third-order valence-corrected chi connectivity index (χ3v) is 0.748. The number of amides is 2. The van der Waals surface area contributed by atoms with Gasteiger partial charge in [0.2, 0.25) is 0 Å². The largest absolute Gasteiger partial charge is 0.352 e. The highest BCUT2D eigenvalue weighted by Crippen LogP contribution is 1.72. The van der Waals surface area contributed by atoms with Crippen molar-refractivity contribution >= 4 is 18.2 Å². The zero-order valence-corrected chi connectivity index (χ0v) is 5.94. The van der Waals surface area contributed by atoms with Gasteiger partial charge in [0, 0.05) is 12.4 Å². The number of nitrogens with one attached hydrogen (secondary N) is 2. The van der Waals surface area contributed by atoms with Crippen molar-refractivity contribution < 1.29 is 4.79 Å². The van der Waals surface area contributed by atoms with E-state index < -0.39 is 6.03 Å². The Labute approximate surface area is 62.4 Å². The van der Waals surface area contributed by atoms with Crippen LogP contribution in [0, 0.1) is 4.77 Å². The molecule has 0 saturated heterocycles. The molecule has 0 radical (unpaired) electrons. The number of hydrogen-bond donors (Lipinski definition) is 4. The second kappa shape index (κ2) is 4.57. The van der Waals surface area contributed by atoms with Crippen LogP contribution >= 0.6 is 12.2 Å². The average Bonchev–Trinajstić information content (AvgIpc) is 2.15. The molecule has 6 heteroatoms. The number of aromatic amines is 2. The number of H-pyrrole nitrogens is 2. The van der Waals surface area contributed by atoms with Crippen LogP contribution in [0.15, 0.2) is 12.4 Å². The molecule has 0 unspecified atom stereocenters. The summed E-state index contributed by atoms with van der Waals surface area (Å²) in [5.74, 6) is 0. The third-order valence-electron chi connectivity index (χ3n) is 0.512. The Balaban J connectivity index is 0.000000180. The normalized spacial score (nSPS) is 7.60. The Morgan fingerprint density at radius 1 is 1.40 bits per heavy atom. The van der Waals surface area contributed by atoms with Crippen LogP contribution in [0.4, 0.5) is 4.79 Å². The van der Waals surface area contributed by atoms with Gasteiger partial charge in [-0.1, -0.05) is 0 Å². The quantitative estimate of drug-likeness (QED) is 0.404. The minimum Gasteiger partial charge on any atom is -0.352 e. The third kappa shape index (κ3) is 6.70. The van der Waals surface area contributed by atoms with Crippen molar-refractivity contribution in [3.05, 3.63) is 17.2 Å². The van der Waals surface area contributed by atoms with Crippen molar-refractivity contribution in [2.45, 2.75) is 0 Å². The predicted molar refractivity (Wildman–Crippen MR) is 39.7 cm³/mol. The summed E-state index contributed by atoms with van der Waals surface area (Å²) in [5.41, 5.74) is 8.50. The van der Waals surface area contributed by atoms with Crippen LogP contribution in [0.2, 0.25) is 0 Å². The van der Waals surface area contributed by atoms with Crippen LogP contribution < -0.4 is 11.5 Å². The fraction of sp³-hybridized carbons (Fsp3) is 0. The molecule has 5 nitrogen and oxygen atoms in total. The molecule has 1 aromatic heterocycles. The van der Waals surface area contributed by atoms with Gasteiger partial charge in [0.15, 0.2) is 4.77 Å². The van der Waals surface area contributed by atoms with Crippen molar-refractivity contribution in [3.63, 3.8) is 0 Å². The van der Waals surface area contributed by atoms with Gasteiger partial charge in [0.25, 0.3) is 0 Å². The molecule has 10 heavy (non-hydrogen) atoms. The van der Waals surface area contributed by atoms with Crippen molar-refractivity contribution in [2.24, 2.45) is 11.5 Å². The monoisotopic (exact) mass is 160 g/mol. The van der Waals surface area contributed by atoms with Crippen molar-refractivity contribution in [1.82, 2.24) is 9.97 Å². The molecule has 0 bridgehead atoms. The number of carbonyl (C=O) groups is 1. The topological polar surface area (TPSA) is 101 Å². The number of imidazole rings is 1. The van der Waals surface area contributed by atoms with E-state index in [4.69, 9.17) is 4.79 Å². The number of primary amides is 2. The van der Waals surface area contributed by atoms with Gasteiger partial charge >= 0.3 is 6.03 Å². The van der Waals surface area contributed by atoms with Crippen LogP contribution in [0.1, 0.15) is 0 Å². The highest BCUT2D eigenvalue weighted by Gasteiger charge is 1.64. The maximum atomic E-state index is 9.00. The molecule has 0 aliphatic rings. The van der Waals surface area contributed by atoms with Gasteiger partial charge in [-0.05, 0) is 12.2 Å². The lowest BCUT2D eigenvalue weighted by Crippen LogP contribution is -2.18. The fourth-order valence-corrected chi connectivity index (χ4v) is 0.412. The number of aromatic nitrogens is 2. The van der Waals surface area contributed by atoms with Gasteiger partial charge in [-0.3, -0.25) is 0 Å². The minimum atomic E-state index is -0.833. The first-order valence-electron chi connectivity index (χ1n) is 2.40. The van der Waals surface area contributed by atoms with E-state index in [0.717, 1.165) is 0 Å². The Morgan fingerprint density at radius 2 is 1.70 bits per heavy atom. The SMILES string of the molecule is NC(N)=O.S=c1[nH]cc[nH]1. The van der Waals surface area contributed by atoms with Crippen LogP contribution in [-0.2, 0) is 0 Å². The van der Waals surface area contributed by atoms with E-state index in [-0.39, 0.29) is 0 Å². The molecule has 0 aromatic carbocycles. The first-order chi connectivity index (χ1) is 4.63. The van der Waals surface area contributed by atoms with Crippen LogP contribution in [-0.4, -0.2) is 16.0 Å². The Hall–Kier alpha value is -1.30. The molecular formula is C4H8N4OS. The van der Waals surface area contributed by atoms with Crippen molar-refractivity contribution in [3.8, 4) is 0 Å². The number of urea groups is 1. The van der Waals surface area contributed by atoms with Gasteiger partial charge in [0.05, 0.1) is 0 Å². The van der Waals surface area contributed by atoms with Crippen LogP contribution in [0.25, 0.3) is 0 Å². The van der Waals surface area contributed by atoms with Crippen molar-refractivity contribution in [2.75, 3.05) is 0 Å². The van der Waals surface area contributed by atoms with Crippen molar-refractivity contribution in [1.29, 1.82) is 0 Å². The molecule has 0 atom stereocenters. The summed E-state index contributed by atoms with van der Waals surface area (Å²) in [6.45, 7) is 0. The molecule has 1 heterocycles. The van der Waals surface area contributed by atoms with E-state index in [9.17, 15) is 0 Å². The van der Waals surface area contributed by atoms with Gasteiger partial charge in [0.1, 0.15) is 0 Å². The molecule has 0 fully saturated rings. The molecule has 56 valence electrons. The highest BCUT2D eigenvalue weighted by atomic mass is 32.1. The lowest BCUT2D eigenvalue weighted by atomic mass is 11.0. The summed E-state index contributed by atoms with van der Waals surface area (Å²) in [6, 6.07) is -0.833. The Bertz CT molecular complexity index is 219. The maximum Gasteiger partial charge on any atom is 0.309 e. The zero-order chi connectivity index (χ0) is 7.98. The standard InChI is InChI=1S/C3H4N2S.CH4N2O/c6-3-4-1-2-5-3;2-1(3)4/h1-2H,(H2,4,5,6);(H4,2,3,4). The van der Waals surface area contributed by atoms with Crippen LogP contribution in [0.3, 0.4) is 0 Å². The molecule has 0 aliphatic heterocycles. The van der Waals surface area contributed by atoms with Gasteiger partial charge in [-0.25, -0.2) is 4.79 Å². The lowest BCUT2D eigenvalue weighted by molar-refractivity contribution is 0.256. The van der Waals surface area contributed by atoms with Crippen LogP contribution in [0.5, 0.6) is 0 Å². The van der Waals surface area contributed by atoms with Gasteiger partial charge in [-0.15, -0.1) is 0 Å². The van der Waals surface area contributed by atoms with E-state index in [2.05, 4.69) is 33.7 Å². The second-order valence-corrected chi connectivity index (χ2v) is 1.76. The summed E-state index contributed by atoms with van der Waals surface area (Å²) >= 11 is 4.63. The smallest absolute Gasteiger partial charge is 0.309 e. The summed E-state index contributed by atoms with van der Waals surface area (Å²) in [4.78, 5) is 14.5. The van der Waals surface area contributed by atoms with E-state index in [1.807, 2.05) is 0 Å². The zero-order valence-electron chi connectivity index (χ0n) is 5.13. The number of nitrogens with two attached hydrogens (primary N) is 2. The molecule has 0 aliphatic carbocycles. The molecule has 6 N–H and O–H groups in total. The van der Waals surface area contributed by atoms with Gasteiger partial charge < -0.3 is 21.4 Å². The molecule has 0 saturated carbocycles. The predicted octanol–water partition coefficient (Wildman–Crippen LogP) is 0.0961. The first kappa shape index (κ1) is 8.70. The number of carbonyl (C=O) groups excluding carboxylic acids is 1. The fourth-order valence-electron chi connectivity index (χ4n) is 0.276. The molecule has 2 amide bonds. The summed E-state index contributed by atoms with van der Waals surface area (Å²) < 4.78 is 0.676. The van der Waals surface area contributed by atoms with E-state index in [0.29, 0.717) is 4.77 Å². The molecule has 1 aromatic rings. The van der Waals surface area contributed by atoms with E-state index >= 15 is 0 Å². The minimum absolute atomic E-state index is 0.676. The summed E-state index contributed by atoms with van der Waals surface area (Å²) in [7, 11) is 0. The second-order valence-electron chi connectivity index (χ2n) is 1.35.